The van der Waals surface area contributed by atoms with Gasteiger partial charge in [-0.1, -0.05) is 13.8 Å². The number of nitrogens with one attached hydrogen (secondary N) is 1. The third-order valence-electron chi connectivity index (χ3n) is 4.14. The molecule has 2 heterocycles. The summed E-state index contributed by atoms with van der Waals surface area (Å²) in [5, 5.41) is 3.60. The van der Waals surface area contributed by atoms with Gasteiger partial charge < -0.3 is 5.32 Å². The van der Waals surface area contributed by atoms with E-state index in [0.717, 1.165) is 12.5 Å². The fourth-order valence-electron chi connectivity index (χ4n) is 2.95. The molecule has 0 amide bonds. The van der Waals surface area contributed by atoms with Gasteiger partial charge in [0.25, 0.3) is 0 Å². The number of hydrogen-bond donors (Lipinski definition) is 1. The molecular weight excluding hydrogens is 222 g/mol. The average molecular weight is 247 g/mol. The average Bonchev–Trinajstić information content (AvgIpc) is 2.41. The molecule has 1 fully saturated rings. The molecule has 1 aliphatic rings. The molecule has 1 aliphatic heterocycles. The fraction of sp³-hybridized carbons (Fsp3) is 0.667. The van der Waals surface area contributed by atoms with Gasteiger partial charge in [-0.05, 0) is 43.5 Å². The second kappa shape index (κ2) is 6.30. The van der Waals surface area contributed by atoms with Crippen LogP contribution in [0.15, 0.2) is 24.5 Å². The molecule has 2 rings (SSSR count). The largest absolute Gasteiger partial charge is 0.314 e. The Labute approximate surface area is 111 Å². The zero-order valence-electron chi connectivity index (χ0n) is 11.8. The quantitative estimate of drug-likeness (QED) is 0.886. The zero-order valence-corrected chi connectivity index (χ0v) is 11.8. The van der Waals surface area contributed by atoms with Crippen molar-refractivity contribution in [2.75, 3.05) is 19.6 Å². The van der Waals surface area contributed by atoms with E-state index in [1.54, 1.807) is 0 Å². The maximum Gasteiger partial charge on any atom is 0.0321 e. The predicted octanol–water partition coefficient (Wildman–Crippen LogP) is 2.46. The molecule has 1 aromatic rings. The van der Waals surface area contributed by atoms with Crippen molar-refractivity contribution >= 4 is 0 Å². The van der Waals surface area contributed by atoms with Crippen molar-refractivity contribution in [2.45, 2.75) is 39.3 Å². The lowest BCUT2D eigenvalue weighted by molar-refractivity contribution is 0.112. The number of rotatable bonds is 4. The van der Waals surface area contributed by atoms with Crippen molar-refractivity contribution in [3.05, 3.63) is 30.1 Å². The maximum absolute atomic E-state index is 4.10. The van der Waals surface area contributed by atoms with Crippen molar-refractivity contribution in [3.63, 3.8) is 0 Å². The topological polar surface area (TPSA) is 28.2 Å². The molecule has 3 unspecified atom stereocenters. The van der Waals surface area contributed by atoms with Gasteiger partial charge in [0.1, 0.15) is 0 Å². The molecule has 0 saturated carbocycles. The lowest BCUT2D eigenvalue weighted by Gasteiger charge is -2.40. The number of piperidine rings is 1. The molecule has 1 N–H and O–H groups in total. The van der Waals surface area contributed by atoms with Crippen LogP contribution in [0.2, 0.25) is 0 Å². The van der Waals surface area contributed by atoms with Crippen LogP contribution >= 0.6 is 0 Å². The number of nitrogens with zero attached hydrogens (tertiary/aromatic N) is 2. The summed E-state index contributed by atoms with van der Waals surface area (Å²) in [4.78, 5) is 6.69. The second-order valence-electron chi connectivity index (χ2n) is 5.38. The molecule has 1 aromatic heterocycles. The van der Waals surface area contributed by atoms with Crippen molar-refractivity contribution in [1.29, 1.82) is 0 Å². The standard InChI is InChI=1S/C15H25N3/c1-4-17-15-7-10-18(11-12(15)2)13(3)14-5-8-16-9-6-14/h5-6,8-9,12-13,15,17H,4,7,10-11H2,1-3H3. The third-order valence-corrected chi connectivity index (χ3v) is 4.14. The van der Waals surface area contributed by atoms with Crippen LogP contribution in [0, 0.1) is 5.92 Å². The SMILES string of the molecule is CCNC1CCN(C(C)c2ccncc2)CC1C. The summed E-state index contributed by atoms with van der Waals surface area (Å²) in [6, 6.07) is 5.45. The number of hydrogen-bond acceptors (Lipinski definition) is 3. The number of likely N-dealkylation sites (tertiary alicyclic amines) is 1. The van der Waals surface area contributed by atoms with Crippen LogP contribution < -0.4 is 5.32 Å². The van der Waals surface area contributed by atoms with Crippen LogP contribution in [-0.2, 0) is 0 Å². The molecule has 0 spiro atoms. The molecule has 3 heteroatoms. The first kappa shape index (κ1) is 13.5. The van der Waals surface area contributed by atoms with Gasteiger partial charge in [-0.15, -0.1) is 0 Å². The first-order valence-electron chi connectivity index (χ1n) is 7.09. The van der Waals surface area contributed by atoms with Crippen molar-refractivity contribution < 1.29 is 0 Å². The van der Waals surface area contributed by atoms with E-state index in [0.29, 0.717) is 12.1 Å². The van der Waals surface area contributed by atoms with Crippen LogP contribution in [0.25, 0.3) is 0 Å². The van der Waals surface area contributed by atoms with Gasteiger partial charge in [-0.2, -0.15) is 0 Å². The second-order valence-corrected chi connectivity index (χ2v) is 5.38. The summed E-state index contributed by atoms with van der Waals surface area (Å²) in [5.74, 6) is 0.725. The summed E-state index contributed by atoms with van der Waals surface area (Å²) in [6.45, 7) is 10.3. The van der Waals surface area contributed by atoms with E-state index in [2.05, 4.69) is 48.1 Å². The Balaban J connectivity index is 1.96. The van der Waals surface area contributed by atoms with E-state index in [1.165, 1.54) is 25.1 Å². The normalized spacial score (nSPS) is 27.1. The lowest BCUT2D eigenvalue weighted by atomic mass is 9.92. The van der Waals surface area contributed by atoms with Crippen LogP contribution in [0.5, 0.6) is 0 Å². The third kappa shape index (κ3) is 3.09. The van der Waals surface area contributed by atoms with Crippen LogP contribution in [-0.4, -0.2) is 35.6 Å². The summed E-state index contributed by atoms with van der Waals surface area (Å²) < 4.78 is 0. The highest BCUT2D eigenvalue weighted by molar-refractivity contribution is 5.14. The van der Waals surface area contributed by atoms with Crippen molar-refractivity contribution in [3.8, 4) is 0 Å². The van der Waals surface area contributed by atoms with Gasteiger partial charge in [0.05, 0.1) is 0 Å². The minimum Gasteiger partial charge on any atom is -0.314 e. The molecule has 0 bridgehead atoms. The van der Waals surface area contributed by atoms with Gasteiger partial charge in [-0.3, -0.25) is 9.88 Å². The molecule has 0 aliphatic carbocycles. The summed E-state index contributed by atoms with van der Waals surface area (Å²) >= 11 is 0. The highest BCUT2D eigenvalue weighted by Gasteiger charge is 2.28. The molecule has 1 saturated heterocycles. The van der Waals surface area contributed by atoms with E-state index < -0.39 is 0 Å². The summed E-state index contributed by atoms with van der Waals surface area (Å²) in [5.41, 5.74) is 1.37. The first-order chi connectivity index (χ1) is 8.72. The highest BCUT2D eigenvalue weighted by Crippen LogP contribution is 2.26. The van der Waals surface area contributed by atoms with Gasteiger partial charge in [0, 0.05) is 37.6 Å². The Hall–Kier alpha value is -0.930. The Morgan fingerprint density at radius 3 is 2.78 bits per heavy atom. The van der Waals surface area contributed by atoms with E-state index in [-0.39, 0.29) is 0 Å². The maximum atomic E-state index is 4.10. The minimum atomic E-state index is 0.498. The first-order valence-corrected chi connectivity index (χ1v) is 7.09. The van der Waals surface area contributed by atoms with Gasteiger partial charge >= 0.3 is 0 Å². The number of aromatic nitrogens is 1. The summed E-state index contributed by atoms with van der Waals surface area (Å²) in [7, 11) is 0. The van der Waals surface area contributed by atoms with E-state index >= 15 is 0 Å². The van der Waals surface area contributed by atoms with Crippen molar-refractivity contribution in [2.24, 2.45) is 5.92 Å². The van der Waals surface area contributed by atoms with Crippen LogP contribution in [0.3, 0.4) is 0 Å². The Morgan fingerprint density at radius 1 is 1.44 bits per heavy atom. The Morgan fingerprint density at radius 2 is 2.17 bits per heavy atom. The van der Waals surface area contributed by atoms with E-state index in [9.17, 15) is 0 Å². The summed E-state index contributed by atoms with van der Waals surface area (Å²) in [6.07, 6.45) is 5.03. The van der Waals surface area contributed by atoms with Gasteiger partial charge in [0.15, 0.2) is 0 Å². The Kier molecular flexibility index (Phi) is 4.72. The molecular formula is C15H25N3. The molecule has 0 radical (unpaired) electrons. The van der Waals surface area contributed by atoms with Crippen molar-refractivity contribution in [1.82, 2.24) is 15.2 Å². The zero-order chi connectivity index (χ0) is 13.0. The highest BCUT2D eigenvalue weighted by atomic mass is 15.2. The van der Waals surface area contributed by atoms with Gasteiger partial charge in [0.2, 0.25) is 0 Å². The lowest BCUT2D eigenvalue weighted by Crippen LogP contribution is -2.48. The number of pyridine rings is 1. The monoisotopic (exact) mass is 247 g/mol. The molecule has 3 atom stereocenters. The fourth-order valence-corrected chi connectivity index (χ4v) is 2.95. The molecule has 3 nitrogen and oxygen atoms in total. The predicted molar refractivity (Wildman–Crippen MR) is 75.5 cm³/mol. The van der Waals surface area contributed by atoms with E-state index in [4.69, 9.17) is 0 Å². The molecule has 0 aromatic carbocycles. The van der Waals surface area contributed by atoms with Crippen LogP contribution in [0.4, 0.5) is 0 Å². The van der Waals surface area contributed by atoms with E-state index in [1.807, 2.05) is 12.4 Å². The molecule has 100 valence electrons. The minimum absolute atomic E-state index is 0.498. The molecule has 18 heavy (non-hydrogen) atoms. The smallest absolute Gasteiger partial charge is 0.0321 e. The van der Waals surface area contributed by atoms with Crippen LogP contribution in [0.1, 0.15) is 38.8 Å². The Bertz CT molecular complexity index is 352. The van der Waals surface area contributed by atoms with Gasteiger partial charge in [-0.25, -0.2) is 0 Å².